The second-order valence-corrected chi connectivity index (χ2v) is 4.67. The normalized spacial score (nSPS) is 16.8. The molecule has 5 heteroatoms. The van der Waals surface area contributed by atoms with Gasteiger partial charge in [0, 0.05) is 6.54 Å². The monoisotopic (exact) mass is 277 g/mol. The number of amides is 1. The minimum Gasteiger partial charge on any atom is -0.492 e. The molecule has 1 heterocycles. The highest BCUT2D eigenvalue weighted by atomic mass is 16.5. The van der Waals surface area contributed by atoms with E-state index in [-0.39, 0.29) is 24.2 Å². The zero-order valence-corrected chi connectivity index (χ0v) is 11.6. The number of rotatable bonds is 5. The number of benzene rings is 1. The van der Waals surface area contributed by atoms with E-state index in [1.807, 2.05) is 24.3 Å². The lowest BCUT2D eigenvalue weighted by Gasteiger charge is -2.24. The molecule has 0 radical (unpaired) electrons. The van der Waals surface area contributed by atoms with Crippen molar-refractivity contribution in [3.05, 3.63) is 29.8 Å². The third-order valence-corrected chi connectivity index (χ3v) is 3.18. The summed E-state index contributed by atoms with van der Waals surface area (Å²) in [5.41, 5.74) is 1.05. The van der Waals surface area contributed by atoms with Crippen LogP contribution in [0.5, 0.6) is 5.75 Å². The van der Waals surface area contributed by atoms with E-state index in [9.17, 15) is 9.59 Å². The molecule has 1 aromatic rings. The molecule has 0 aliphatic carbocycles. The molecule has 0 spiro atoms. The van der Waals surface area contributed by atoms with Crippen LogP contribution in [-0.4, -0.2) is 31.6 Å². The highest BCUT2D eigenvalue weighted by molar-refractivity contribution is 5.80. The van der Waals surface area contributed by atoms with Crippen molar-refractivity contribution >= 4 is 11.9 Å². The van der Waals surface area contributed by atoms with Gasteiger partial charge in [-0.3, -0.25) is 9.59 Å². The third kappa shape index (κ3) is 3.73. The summed E-state index contributed by atoms with van der Waals surface area (Å²) < 4.78 is 10.4. The van der Waals surface area contributed by atoms with E-state index in [1.54, 1.807) is 6.92 Å². The van der Waals surface area contributed by atoms with Gasteiger partial charge in [-0.05, 0) is 25.0 Å². The molecular weight excluding hydrogens is 258 g/mol. The number of ether oxygens (including phenoxy) is 2. The minimum atomic E-state index is -0.293. The van der Waals surface area contributed by atoms with E-state index < -0.39 is 0 Å². The molecule has 5 nitrogen and oxygen atoms in total. The summed E-state index contributed by atoms with van der Waals surface area (Å²) in [6, 6.07) is 7.72. The largest absolute Gasteiger partial charge is 0.492 e. The van der Waals surface area contributed by atoms with Gasteiger partial charge in [0.25, 0.3) is 0 Å². The summed E-state index contributed by atoms with van der Waals surface area (Å²) in [7, 11) is 0. The number of carbonyl (C=O) groups excluding carboxylic acids is 2. The van der Waals surface area contributed by atoms with Crippen molar-refractivity contribution in [2.45, 2.75) is 19.8 Å². The molecular formula is C15H19NO4. The molecule has 0 saturated carbocycles. The van der Waals surface area contributed by atoms with Crippen LogP contribution >= 0.6 is 0 Å². The van der Waals surface area contributed by atoms with Crippen LogP contribution in [0.15, 0.2) is 24.3 Å². The summed E-state index contributed by atoms with van der Waals surface area (Å²) in [5, 5.41) is 2.75. The maximum Gasteiger partial charge on any atom is 0.307 e. The maximum atomic E-state index is 12.0. The molecule has 1 aliphatic heterocycles. The van der Waals surface area contributed by atoms with Crippen LogP contribution in [-0.2, 0) is 20.7 Å². The first kappa shape index (κ1) is 14.4. The van der Waals surface area contributed by atoms with Gasteiger partial charge in [0.15, 0.2) is 0 Å². The number of nitrogens with one attached hydrogen (secondary N) is 1. The van der Waals surface area contributed by atoms with Crippen LogP contribution in [0.4, 0.5) is 0 Å². The van der Waals surface area contributed by atoms with Gasteiger partial charge < -0.3 is 14.8 Å². The SMILES string of the molecule is CCOC(=O)CCNC(=O)C1COc2ccccc2C1. The Morgan fingerprint density at radius 1 is 1.40 bits per heavy atom. The highest BCUT2D eigenvalue weighted by Gasteiger charge is 2.25. The average molecular weight is 277 g/mol. The van der Waals surface area contributed by atoms with Crippen LogP contribution in [0.2, 0.25) is 0 Å². The summed E-state index contributed by atoms with van der Waals surface area (Å²) in [5.74, 6) is 0.275. The fraction of sp³-hybridized carbons (Fsp3) is 0.467. The van der Waals surface area contributed by atoms with Crippen LogP contribution in [0, 0.1) is 5.92 Å². The second kappa shape index (κ2) is 6.93. The fourth-order valence-electron chi connectivity index (χ4n) is 2.16. The highest BCUT2D eigenvalue weighted by Crippen LogP contribution is 2.26. The molecule has 1 atom stereocenters. The topological polar surface area (TPSA) is 64.6 Å². The van der Waals surface area contributed by atoms with Crippen molar-refractivity contribution in [1.82, 2.24) is 5.32 Å². The summed E-state index contributed by atoms with van der Waals surface area (Å²) in [4.78, 5) is 23.2. The molecule has 1 aromatic carbocycles. The Morgan fingerprint density at radius 2 is 2.20 bits per heavy atom. The van der Waals surface area contributed by atoms with Crippen LogP contribution in [0.1, 0.15) is 18.9 Å². The number of para-hydroxylation sites is 1. The van der Waals surface area contributed by atoms with Gasteiger partial charge in [-0.2, -0.15) is 0 Å². The summed E-state index contributed by atoms with van der Waals surface area (Å²) in [6.07, 6.45) is 0.866. The van der Waals surface area contributed by atoms with E-state index in [4.69, 9.17) is 9.47 Å². The van der Waals surface area contributed by atoms with Crippen molar-refractivity contribution < 1.29 is 19.1 Å². The first-order chi connectivity index (χ1) is 9.70. The predicted octanol–water partition coefficient (Wildman–Crippen LogP) is 1.31. The van der Waals surface area contributed by atoms with Crippen molar-refractivity contribution in [2.75, 3.05) is 19.8 Å². The number of esters is 1. The number of hydrogen-bond acceptors (Lipinski definition) is 4. The van der Waals surface area contributed by atoms with Gasteiger partial charge in [-0.15, -0.1) is 0 Å². The number of fused-ring (bicyclic) bond motifs is 1. The van der Waals surface area contributed by atoms with Crippen molar-refractivity contribution in [1.29, 1.82) is 0 Å². The van der Waals surface area contributed by atoms with Gasteiger partial charge in [0.1, 0.15) is 12.4 Å². The minimum absolute atomic E-state index is 0.0798. The Balaban J connectivity index is 1.78. The molecule has 1 N–H and O–H groups in total. The molecule has 20 heavy (non-hydrogen) atoms. The van der Waals surface area contributed by atoms with Crippen LogP contribution in [0.25, 0.3) is 0 Å². The smallest absolute Gasteiger partial charge is 0.307 e. The molecule has 108 valence electrons. The van der Waals surface area contributed by atoms with E-state index in [1.165, 1.54) is 0 Å². The second-order valence-electron chi connectivity index (χ2n) is 4.67. The van der Waals surface area contributed by atoms with E-state index >= 15 is 0 Å². The first-order valence-corrected chi connectivity index (χ1v) is 6.84. The Morgan fingerprint density at radius 3 is 3.00 bits per heavy atom. The number of carbonyl (C=O) groups is 2. The maximum absolute atomic E-state index is 12.0. The number of hydrogen-bond donors (Lipinski definition) is 1. The molecule has 0 saturated heterocycles. The molecule has 1 unspecified atom stereocenters. The van der Waals surface area contributed by atoms with Gasteiger partial charge in [0.05, 0.1) is 18.9 Å². The summed E-state index contributed by atoms with van der Waals surface area (Å²) >= 11 is 0. The lowest BCUT2D eigenvalue weighted by Crippen LogP contribution is -2.38. The van der Waals surface area contributed by atoms with E-state index in [0.29, 0.717) is 26.2 Å². The van der Waals surface area contributed by atoms with Gasteiger partial charge in [-0.25, -0.2) is 0 Å². The van der Waals surface area contributed by atoms with Crippen molar-refractivity contribution in [3.63, 3.8) is 0 Å². The molecule has 1 aliphatic rings. The van der Waals surface area contributed by atoms with Crippen molar-refractivity contribution in [3.8, 4) is 5.75 Å². The van der Waals surface area contributed by atoms with Gasteiger partial charge >= 0.3 is 5.97 Å². The van der Waals surface area contributed by atoms with Gasteiger partial charge in [-0.1, -0.05) is 18.2 Å². The molecule has 1 amide bonds. The van der Waals surface area contributed by atoms with Crippen molar-refractivity contribution in [2.24, 2.45) is 5.92 Å². The third-order valence-electron chi connectivity index (χ3n) is 3.18. The Hall–Kier alpha value is -2.04. The lowest BCUT2D eigenvalue weighted by atomic mass is 9.96. The first-order valence-electron chi connectivity index (χ1n) is 6.84. The average Bonchev–Trinajstić information content (AvgIpc) is 2.47. The predicted molar refractivity (Wildman–Crippen MR) is 73.4 cm³/mol. The Labute approximate surface area is 118 Å². The quantitative estimate of drug-likeness (QED) is 0.824. The zero-order chi connectivity index (χ0) is 14.4. The molecule has 0 aromatic heterocycles. The van der Waals surface area contributed by atoms with Crippen LogP contribution < -0.4 is 10.1 Å². The fourth-order valence-corrected chi connectivity index (χ4v) is 2.16. The Bertz CT molecular complexity index is 487. The Kier molecular flexibility index (Phi) is 4.98. The lowest BCUT2D eigenvalue weighted by molar-refractivity contribution is -0.143. The van der Waals surface area contributed by atoms with E-state index in [0.717, 1.165) is 11.3 Å². The standard InChI is InChI=1S/C15H19NO4/c1-2-19-14(17)7-8-16-15(18)12-9-11-5-3-4-6-13(11)20-10-12/h3-6,12H,2,7-10H2,1H3,(H,16,18). The molecule has 0 bridgehead atoms. The summed E-state index contributed by atoms with van der Waals surface area (Å²) in [6.45, 7) is 2.80. The van der Waals surface area contributed by atoms with Crippen LogP contribution in [0.3, 0.4) is 0 Å². The van der Waals surface area contributed by atoms with E-state index in [2.05, 4.69) is 5.32 Å². The van der Waals surface area contributed by atoms with Gasteiger partial charge in [0.2, 0.25) is 5.91 Å². The molecule has 0 fully saturated rings. The molecule has 2 rings (SSSR count). The zero-order valence-electron chi connectivity index (χ0n) is 11.6.